The molecule has 0 spiro atoms. The van der Waals surface area contributed by atoms with Crippen LogP contribution in [0.15, 0.2) is 18.2 Å². The quantitative estimate of drug-likeness (QED) is 0.367. The topological polar surface area (TPSA) is 65.1 Å². The Morgan fingerprint density at radius 3 is 2.64 bits per heavy atom. The molecular weight excluding hydrogens is 488 g/mol. The lowest BCUT2D eigenvalue weighted by Crippen LogP contribution is -2.38. The summed E-state index contributed by atoms with van der Waals surface area (Å²) in [6.45, 7) is 12.5. The average Bonchev–Trinajstić information content (AvgIpc) is 3.55. The van der Waals surface area contributed by atoms with Crippen molar-refractivity contribution in [2.45, 2.75) is 96.6 Å². The summed E-state index contributed by atoms with van der Waals surface area (Å²) in [5.74, 6) is 1.27. The summed E-state index contributed by atoms with van der Waals surface area (Å²) >= 11 is 0. The number of fused-ring (bicyclic) bond motifs is 1. The lowest BCUT2D eigenvalue weighted by Gasteiger charge is -2.35. The molecule has 7 nitrogen and oxygen atoms in total. The van der Waals surface area contributed by atoms with Gasteiger partial charge in [-0.3, -0.25) is 14.5 Å². The van der Waals surface area contributed by atoms with Gasteiger partial charge in [-0.2, -0.15) is 0 Å². The fraction of sp³-hybridized carbons (Fsp3) is 0.750. The predicted octanol–water partition coefficient (Wildman–Crippen LogP) is 4.72. The van der Waals surface area contributed by atoms with Crippen LogP contribution in [0.1, 0.15) is 88.7 Å². The lowest BCUT2D eigenvalue weighted by atomic mass is 9.87. The SMILES string of the molecule is CCC(=O)N(C)c1cc(C2CCN(CC(CCNC(C)=O)CCOCC3CCC4CCCN43)CC2)ccc1C. The molecule has 1 N–H and O–H groups in total. The van der Waals surface area contributed by atoms with Crippen LogP contribution >= 0.6 is 0 Å². The van der Waals surface area contributed by atoms with Crippen molar-refractivity contribution in [1.29, 1.82) is 0 Å². The van der Waals surface area contributed by atoms with Gasteiger partial charge < -0.3 is 19.9 Å². The summed E-state index contributed by atoms with van der Waals surface area (Å²) in [6, 6.07) is 8.11. The zero-order valence-corrected chi connectivity index (χ0v) is 24.9. The van der Waals surface area contributed by atoms with Crippen LogP contribution in [0.5, 0.6) is 0 Å². The highest BCUT2D eigenvalue weighted by molar-refractivity contribution is 5.93. The van der Waals surface area contributed by atoms with E-state index in [0.29, 0.717) is 24.3 Å². The third kappa shape index (κ3) is 8.27. The number of piperidine rings is 1. The van der Waals surface area contributed by atoms with E-state index in [0.717, 1.165) is 82.4 Å². The second-order valence-electron chi connectivity index (χ2n) is 12.2. The molecule has 3 aliphatic rings. The van der Waals surface area contributed by atoms with E-state index in [1.807, 2.05) is 18.9 Å². The van der Waals surface area contributed by atoms with Crippen molar-refractivity contribution in [1.82, 2.24) is 15.1 Å². The minimum atomic E-state index is 0.0518. The number of benzene rings is 1. The van der Waals surface area contributed by atoms with Crippen molar-refractivity contribution in [3.05, 3.63) is 29.3 Å². The number of likely N-dealkylation sites (tertiary alicyclic amines) is 1. The Bertz CT molecular complexity index is 945. The molecule has 0 bridgehead atoms. The van der Waals surface area contributed by atoms with Crippen LogP contribution in [0.3, 0.4) is 0 Å². The second-order valence-corrected chi connectivity index (χ2v) is 12.2. The van der Waals surface area contributed by atoms with E-state index >= 15 is 0 Å². The summed E-state index contributed by atoms with van der Waals surface area (Å²) < 4.78 is 6.24. The molecule has 0 radical (unpaired) electrons. The molecular formula is C32H52N4O3. The van der Waals surface area contributed by atoms with Gasteiger partial charge in [0.05, 0.1) is 6.61 Å². The maximum atomic E-state index is 12.3. The number of nitrogens with one attached hydrogen (secondary N) is 1. The first-order chi connectivity index (χ1) is 18.9. The largest absolute Gasteiger partial charge is 0.380 e. The third-order valence-corrected chi connectivity index (χ3v) is 9.48. The van der Waals surface area contributed by atoms with Gasteiger partial charge in [0, 0.05) is 57.9 Å². The first kappa shape index (κ1) is 30.0. The van der Waals surface area contributed by atoms with Gasteiger partial charge in [-0.25, -0.2) is 0 Å². The number of ether oxygens (including phenoxy) is 1. The molecule has 0 aliphatic carbocycles. The van der Waals surface area contributed by atoms with Gasteiger partial charge in [0.25, 0.3) is 0 Å². The van der Waals surface area contributed by atoms with Crippen molar-refractivity contribution < 1.29 is 14.3 Å². The number of aryl methyl sites for hydroxylation is 1. The number of rotatable bonds is 13. The summed E-state index contributed by atoms with van der Waals surface area (Å²) in [4.78, 5) is 30.9. The minimum Gasteiger partial charge on any atom is -0.380 e. The van der Waals surface area contributed by atoms with Crippen LogP contribution < -0.4 is 10.2 Å². The third-order valence-electron chi connectivity index (χ3n) is 9.48. The maximum Gasteiger partial charge on any atom is 0.226 e. The van der Waals surface area contributed by atoms with Gasteiger partial charge in [-0.05, 0) is 107 Å². The van der Waals surface area contributed by atoms with E-state index in [9.17, 15) is 9.59 Å². The summed E-state index contributed by atoms with van der Waals surface area (Å²) in [6.07, 6.45) is 10.2. The molecule has 0 saturated carbocycles. The van der Waals surface area contributed by atoms with Crippen LogP contribution in [0.2, 0.25) is 0 Å². The summed E-state index contributed by atoms with van der Waals surface area (Å²) in [5, 5.41) is 3.00. The first-order valence-electron chi connectivity index (χ1n) is 15.5. The molecule has 39 heavy (non-hydrogen) atoms. The molecule has 1 aromatic carbocycles. The van der Waals surface area contributed by atoms with E-state index in [-0.39, 0.29) is 11.8 Å². The molecule has 3 aliphatic heterocycles. The highest BCUT2D eigenvalue weighted by atomic mass is 16.5. The van der Waals surface area contributed by atoms with E-state index in [1.165, 1.54) is 37.8 Å². The standard InChI is InChI=1S/C32H52N4O3/c1-5-32(38)34(4)31-21-28(9-8-24(31)2)27-13-18-35(19-14-27)22-26(12-16-33-25(3)37)15-20-39-23-30-11-10-29-7-6-17-36(29)30/h8-9,21,26-27,29-30H,5-7,10-20,22-23H2,1-4H3,(H,33,37). The average molecular weight is 541 g/mol. The second kappa shape index (κ2) is 14.6. The van der Waals surface area contributed by atoms with Crippen molar-refractivity contribution in [3.8, 4) is 0 Å². The fourth-order valence-electron chi connectivity index (χ4n) is 7.05. The molecule has 3 fully saturated rings. The van der Waals surface area contributed by atoms with Crippen LogP contribution in [-0.2, 0) is 14.3 Å². The Hall–Kier alpha value is -1.96. The van der Waals surface area contributed by atoms with E-state index in [4.69, 9.17) is 4.74 Å². The number of anilines is 1. The Balaban J connectivity index is 1.25. The van der Waals surface area contributed by atoms with Crippen LogP contribution in [0, 0.1) is 12.8 Å². The molecule has 1 aromatic rings. The molecule has 2 amide bonds. The zero-order valence-electron chi connectivity index (χ0n) is 24.9. The lowest BCUT2D eigenvalue weighted by molar-refractivity contribution is -0.119. The Morgan fingerprint density at radius 2 is 1.90 bits per heavy atom. The highest BCUT2D eigenvalue weighted by Gasteiger charge is 2.36. The smallest absolute Gasteiger partial charge is 0.226 e. The van der Waals surface area contributed by atoms with Crippen molar-refractivity contribution in [2.75, 3.05) is 57.9 Å². The number of carbonyl (C=O) groups is 2. The van der Waals surface area contributed by atoms with Crippen LogP contribution in [-0.4, -0.2) is 86.7 Å². The monoisotopic (exact) mass is 540 g/mol. The normalized spacial score (nSPS) is 23.1. The molecule has 4 rings (SSSR count). The predicted molar refractivity (Wildman–Crippen MR) is 158 cm³/mol. The maximum absolute atomic E-state index is 12.3. The highest BCUT2D eigenvalue weighted by Crippen LogP contribution is 2.34. The number of amides is 2. The summed E-state index contributed by atoms with van der Waals surface area (Å²) in [5.41, 5.74) is 3.55. The molecule has 3 unspecified atom stereocenters. The number of nitrogens with zero attached hydrogens (tertiary/aromatic N) is 3. The van der Waals surface area contributed by atoms with E-state index in [2.05, 4.69) is 40.2 Å². The van der Waals surface area contributed by atoms with Gasteiger partial charge in [0.15, 0.2) is 0 Å². The van der Waals surface area contributed by atoms with Crippen LogP contribution in [0.4, 0.5) is 5.69 Å². The molecule has 0 aromatic heterocycles. The Kier molecular flexibility index (Phi) is 11.2. The van der Waals surface area contributed by atoms with Gasteiger partial charge in [-0.15, -0.1) is 0 Å². The minimum absolute atomic E-state index is 0.0518. The van der Waals surface area contributed by atoms with Gasteiger partial charge in [0.1, 0.15) is 0 Å². The van der Waals surface area contributed by atoms with Crippen molar-refractivity contribution in [3.63, 3.8) is 0 Å². The Morgan fingerprint density at radius 1 is 1.10 bits per heavy atom. The molecule has 7 heteroatoms. The Labute approximate surface area is 236 Å². The fourth-order valence-corrected chi connectivity index (χ4v) is 7.05. The first-order valence-corrected chi connectivity index (χ1v) is 15.5. The van der Waals surface area contributed by atoms with E-state index < -0.39 is 0 Å². The van der Waals surface area contributed by atoms with Crippen molar-refractivity contribution >= 4 is 17.5 Å². The van der Waals surface area contributed by atoms with Crippen LogP contribution in [0.25, 0.3) is 0 Å². The van der Waals surface area contributed by atoms with E-state index in [1.54, 1.807) is 6.92 Å². The van der Waals surface area contributed by atoms with Crippen molar-refractivity contribution in [2.24, 2.45) is 5.92 Å². The number of hydrogen-bond donors (Lipinski definition) is 1. The molecule has 3 saturated heterocycles. The van der Waals surface area contributed by atoms with Gasteiger partial charge in [-0.1, -0.05) is 19.1 Å². The molecule has 218 valence electrons. The van der Waals surface area contributed by atoms with Gasteiger partial charge >= 0.3 is 0 Å². The molecule has 3 heterocycles. The summed E-state index contributed by atoms with van der Waals surface area (Å²) in [7, 11) is 1.89. The number of carbonyl (C=O) groups excluding carboxylic acids is 2. The molecule has 3 atom stereocenters. The number of hydrogen-bond acceptors (Lipinski definition) is 5. The zero-order chi connectivity index (χ0) is 27.8. The van der Waals surface area contributed by atoms with Gasteiger partial charge in [0.2, 0.25) is 11.8 Å².